The summed E-state index contributed by atoms with van der Waals surface area (Å²) in [6.07, 6.45) is 4.68. The van der Waals surface area contributed by atoms with E-state index in [0.29, 0.717) is 70.9 Å². The van der Waals surface area contributed by atoms with E-state index in [9.17, 15) is 29.1 Å². The minimum absolute atomic E-state index is 0.0220. The van der Waals surface area contributed by atoms with Crippen LogP contribution in [0.4, 0.5) is 0 Å². The van der Waals surface area contributed by atoms with Gasteiger partial charge in [-0.15, -0.1) is 0 Å². The first-order valence-corrected chi connectivity index (χ1v) is 16.0. The molecule has 4 amide bonds. The molecule has 19 nitrogen and oxygen atoms in total. The highest BCUT2D eigenvalue weighted by Gasteiger charge is 2.38. The van der Waals surface area contributed by atoms with Crippen molar-refractivity contribution in [3.8, 4) is 0 Å². The van der Waals surface area contributed by atoms with E-state index in [-0.39, 0.29) is 50.3 Å². The minimum atomic E-state index is -1.22. The molecule has 0 aromatic carbocycles. The Labute approximate surface area is 275 Å². The van der Waals surface area contributed by atoms with E-state index in [1.54, 1.807) is 0 Å². The van der Waals surface area contributed by atoms with Crippen LogP contribution < -0.4 is 56.1 Å². The van der Waals surface area contributed by atoms with Gasteiger partial charge in [-0.2, -0.15) is 0 Å². The minimum Gasteiger partial charge on any atom is -0.480 e. The van der Waals surface area contributed by atoms with Crippen molar-refractivity contribution < 1.29 is 29.1 Å². The Morgan fingerprint density at radius 1 is 0.766 bits per heavy atom. The molecule has 0 radical (unpaired) electrons. The third-order valence-electron chi connectivity index (χ3n) is 7.60. The normalized spacial score (nSPS) is 16.7. The maximum atomic E-state index is 13.5. The second kappa shape index (κ2) is 22.3. The maximum absolute atomic E-state index is 13.5. The molecule has 1 rings (SSSR count). The SMILES string of the molecule is NCC[C@H](NC(=O)[C@@H](N)CCCCNC(=O)C(N)CCCCN=C(N)N)C(=O)N1CCC[C@H]1C(=O)N[C@@H](CCCN=C(N)N)C(=O)O. The largest absolute Gasteiger partial charge is 0.480 e. The number of nitrogens with two attached hydrogens (primary N) is 7. The molecule has 0 aromatic rings. The number of carboxylic acid groups (broad SMARTS) is 1. The van der Waals surface area contributed by atoms with Gasteiger partial charge in [0.1, 0.15) is 18.1 Å². The number of hydrogen-bond acceptors (Lipinski definition) is 10. The highest BCUT2D eigenvalue weighted by molar-refractivity contribution is 5.94. The molecule has 1 unspecified atom stereocenters. The second-order valence-electron chi connectivity index (χ2n) is 11.5. The van der Waals surface area contributed by atoms with Crippen molar-refractivity contribution in [2.24, 2.45) is 50.1 Å². The van der Waals surface area contributed by atoms with Crippen molar-refractivity contribution in [3.63, 3.8) is 0 Å². The van der Waals surface area contributed by atoms with E-state index in [2.05, 4.69) is 25.9 Å². The van der Waals surface area contributed by atoms with Gasteiger partial charge in [-0.1, -0.05) is 0 Å². The van der Waals surface area contributed by atoms with E-state index < -0.39 is 53.9 Å². The predicted octanol–water partition coefficient (Wildman–Crippen LogP) is -4.18. The fraction of sp³-hybridized carbons (Fsp3) is 0.750. The molecule has 0 bridgehead atoms. The summed E-state index contributed by atoms with van der Waals surface area (Å²) >= 11 is 0. The molecule has 1 saturated heterocycles. The smallest absolute Gasteiger partial charge is 0.326 e. The summed E-state index contributed by atoms with van der Waals surface area (Å²) < 4.78 is 0. The van der Waals surface area contributed by atoms with Gasteiger partial charge < -0.3 is 66.1 Å². The molecule has 18 N–H and O–H groups in total. The number of rotatable bonds is 23. The molecule has 19 heteroatoms. The molecule has 1 heterocycles. The summed E-state index contributed by atoms with van der Waals surface area (Å²) in [5.41, 5.74) is 38.8. The fourth-order valence-electron chi connectivity index (χ4n) is 5.01. The van der Waals surface area contributed by atoms with Crippen LogP contribution in [0.1, 0.15) is 70.6 Å². The molecule has 47 heavy (non-hydrogen) atoms. The standard InChI is InChI=1S/C28H55N13O6/c29-12-11-19(25(45)41-16-6-10-21(41)24(44)40-20(26(46)47)9-5-15-38-28(34)35)39-23(43)18(31)8-1-3-13-36-22(42)17(30)7-2-4-14-37-27(32)33/h17-21H,1-16,29-31H2,(H,36,42)(H,39,43)(H,40,44)(H,46,47)(H4,32,33,37)(H4,34,35,38)/t17?,18-,19-,20-,21-/m0/s1. The number of aliphatic carboxylic acids is 1. The number of aliphatic imine (C=N–C) groups is 2. The van der Waals surface area contributed by atoms with Crippen LogP contribution >= 0.6 is 0 Å². The third-order valence-corrected chi connectivity index (χ3v) is 7.60. The summed E-state index contributed by atoms with van der Waals surface area (Å²) in [5, 5.41) is 17.5. The Kier molecular flexibility index (Phi) is 19.4. The lowest BCUT2D eigenvalue weighted by Gasteiger charge is -2.30. The van der Waals surface area contributed by atoms with E-state index in [0.717, 1.165) is 0 Å². The number of likely N-dealkylation sites (tertiary alicyclic amines) is 1. The lowest BCUT2D eigenvalue weighted by Crippen LogP contribution is -2.57. The van der Waals surface area contributed by atoms with Crippen LogP contribution in [-0.4, -0.2) is 114 Å². The van der Waals surface area contributed by atoms with Crippen molar-refractivity contribution in [1.29, 1.82) is 0 Å². The van der Waals surface area contributed by atoms with Gasteiger partial charge in [-0.05, 0) is 77.2 Å². The van der Waals surface area contributed by atoms with Crippen LogP contribution in [0.3, 0.4) is 0 Å². The molecule has 0 saturated carbocycles. The Hall–Kier alpha value is -4.23. The number of amides is 4. The average Bonchev–Trinajstić information content (AvgIpc) is 3.51. The summed E-state index contributed by atoms with van der Waals surface area (Å²) in [6.45, 7) is 1.39. The van der Waals surface area contributed by atoms with Crippen LogP contribution in [0, 0.1) is 0 Å². The molecule has 268 valence electrons. The third kappa shape index (κ3) is 16.2. The highest BCUT2D eigenvalue weighted by atomic mass is 16.4. The van der Waals surface area contributed by atoms with Gasteiger partial charge in [0, 0.05) is 26.2 Å². The maximum Gasteiger partial charge on any atom is 0.326 e. The summed E-state index contributed by atoms with van der Waals surface area (Å²) in [5.74, 6) is -3.23. The molecule has 0 aromatic heterocycles. The first kappa shape index (κ1) is 40.8. The number of guanidine groups is 2. The van der Waals surface area contributed by atoms with Crippen molar-refractivity contribution in [1.82, 2.24) is 20.9 Å². The van der Waals surface area contributed by atoms with Gasteiger partial charge in [0.15, 0.2) is 11.9 Å². The van der Waals surface area contributed by atoms with E-state index >= 15 is 0 Å². The lowest BCUT2D eigenvalue weighted by atomic mass is 10.1. The van der Waals surface area contributed by atoms with Crippen LogP contribution in [0.15, 0.2) is 9.98 Å². The molecule has 5 atom stereocenters. The van der Waals surface area contributed by atoms with E-state index in [1.165, 1.54) is 4.90 Å². The van der Waals surface area contributed by atoms with Crippen molar-refractivity contribution in [3.05, 3.63) is 0 Å². The summed E-state index contributed by atoms with van der Waals surface area (Å²) in [7, 11) is 0. The van der Waals surface area contributed by atoms with Crippen LogP contribution in [-0.2, 0) is 24.0 Å². The number of carbonyl (C=O) groups excluding carboxylic acids is 4. The van der Waals surface area contributed by atoms with Gasteiger partial charge >= 0.3 is 5.97 Å². The molecular weight excluding hydrogens is 614 g/mol. The zero-order valence-electron chi connectivity index (χ0n) is 27.1. The first-order chi connectivity index (χ1) is 22.3. The highest BCUT2D eigenvalue weighted by Crippen LogP contribution is 2.20. The number of carboxylic acids is 1. The van der Waals surface area contributed by atoms with Crippen molar-refractivity contribution >= 4 is 41.5 Å². The van der Waals surface area contributed by atoms with Gasteiger partial charge in [-0.3, -0.25) is 29.2 Å². The molecule has 1 fully saturated rings. The average molecular weight is 670 g/mol. The molecule has 1 aliphatic rings. The number of carbonyl (C=O) groups is 5. The van der Waals surface area contributed by atoms with Gasteiger partial charge in [0.05, 0.1) is 12.1 Å². The quantitative estimate of drug-likeness (QED) is 0.0280. The zero-order valence-corrected chi connectivity index (χ0v) is 27.1. The van der Waals surface area contributed by atoms with Crippen molar-refractivity contribution in [2.45, 2.75) is 101 Å². The Balaban J connectivity index is 2.56. The Morgan fingerprint density at radius 2 is 1.36 bits per heavy atom. The van der Waals surface area contributed by atoms with Gasteiger partial charge in [0.2, 0.25) is 23.6 Å². The Bertz CT molecular complexity index is 1080. The first-order valence-electron chi connectivity index (χ1n) is 16.0. The topological polar surface area (TPSA) is 352 Å². The summed E-state index contributed by atoms with van der Waals surface area (Å²) in [4.78, 5) is 72.3. The number of nitrogens with one attached hydrogen (secondary N) is 3. The summed E-state index contributed by atoms with van der Waals surface area (Å²) in [6, 6.07) is -4.67. The van der Waals surface area contributed by atoms with Gasteiger partial charge in [0.25, 0.3) is 0 Å². The molecule has 0 spiro atoms. The van der Waals surface area contributed by atoms with Crippen molar-refractivity contribution in [2.75, 3.05) is 32.7 Å². The van der Waals surface area contributed by atoms with Crippen LogP contribution in [0.5, 0.6) is 0 Å². The lowest BCUT2D eigenvalue weighted by molar-refractivity contribution is -0.145. The van der Waals surface area contributed by atoms with Crippen LogP contribution in [0.2, 0.25) is 0 Å². The molecular formula is C28H55N13O6. The predicted molar refractivity (Wildman–Crippen MR) is 177 cm³/mol. The number of hydrogen-bond donors (Lipinski definition) is 11. The molecule has 1 aliphatic heterocycles. The zero-order chi connectivity index (χ0) is 35.4. The monoisotopic (exact) mass is 669 g/mol. The number of nitrogens with zero attached hydrogens (tertiary/aromatic N) is 3. The number of unbranched alkanes of at least 4 members (excludes halogenated alkanes) is 2. The van der Waals surface area contributed by atoms with Gasteiger partial charge in [-0.25, -0.2) is 4.79 Å². The van der Waals surface area contributed by atoms with Crippen LogP contribution in [0.25, 0.3) is 0 Å². The fourth-order valence-corrected chi connectivity index (χ4v) is 5.01. The van der Waals surface area contributed by atoms with E-state index in [1.807, 2.05) is 0 Å². The Morgan fingerprint density at radius 3 is 1.96 bits per heavy atom. The second-order valence-corrected chi connectivity index (χ2v) is 11.5. The van der Waals surface area contributed by atoms with E-state index in [4.69, 9.17) is 40.1 Å². The molecule has 0 aliphatic carbocycles.